The lowest BCUT2D eigenvalue weighted by Crippen LogP contribution is -2.53. The number of nitrogens with zero attached hydrogens (tertiary/aromatic N) is 3. The van der Waals surface area contributed by atoms with Crippen molar-refractivity contribution in [2.45, 2.75) is 64.7 Å². The molecule has 2 aliphatic rings. The number of benzene rings is 2. The number of carbonyl (C=O) groups excluding carboxylic acids is 1. The van der Waals surface area contributed by atoms with Gasteiger partial charge >= 0.3 is 6.18 Å². The van der Waals surface area contributed by atoms with Crippen molar-refractivity contribution in [3.05, 3.63) is 86.6 Å². The number of methoxy groups -OCH3 is 1. The summed E-state index contributed by atoms with van der Waals surface area (Å²) in [6.45, 7) is 7.33. The van der Waals surface area contributed by atoms with Crippen LogP contribution in [-0.2, 0) is 19.0 Å². The fourth-order valence-corrected chi connectivity index (χ4v) is 7.34. The summed E-state index contributed by atoms with van der Waals surface area (Å²) in [5.74, 6) is 0.610. The average molecular weight is 651 g/mol. The number of piperazine rings is 1. The Balaban J connectivity index is 1.55. The van der Waals surface area contributed by atoms with E-state index in [2.05, 4.69) is 19.2 Å². The summed E-state index contributed by atoms with van der Waals surface area (Å²) in [6, 6.07) is 12.6. The van der Waals surface area contributed by atoms with E-state index in [-0.39, 0.29) is 35.0 Å². The minimum atomic E-state index is -4.45. The zero-order valence-corrected chi connectivity index (χ0v) is 27.1. The Morgan fingerprint density at radius 2 is 1.78 bits per heavy atom. The number of amides is 1. The number of ether oxygens (including phenoxy) is 1. The molecule has 1 N–H and O–H groups in total. The molecular formula is C35H37F3N4O3S. The van der Waals surface area contributed by atoms with E-state index in [9.17, 15) is 22.8 Å². The molecule has 0 radical (unpaired) electrons. The second-order valence-electron chi connectivity index (χ2n) is 12.5. The summed E-state index contributed by atoms with van der Waals surface area (Å²) < 4.78 is 46.7. The quantitative estimate of drug-likeness (QED) is 0.223. The molecule has 11 heteroatoms. The lowest BCUT2D eigenvalue weighted by molar-refractivity contribution is -0.137. The molecule has 242 valence electrons. The summed E-state index contributed by atoms with van der Waals surface area (Å²) in [5.41, 5.74) is 2.83. The number of pyridine rings is 1. The van der Waals surface area contributed by atoms with Crippen LogP contribution in [0.1, 0.15) is 60.8 Å². The van der Waals surface area contributed by atoms with Crippen LogP contribution < -0.4 is 15.6 Å². The van der Waals surface area contributed by atoms with Crippen LogP contribution in [0.5, 0.6) is 5.75 Å². The molecule has 1 amide bonds. The van der Waals surface area contributed by atoms with Crippen LogP contribution in [0.15, 0.2) is 58.7 Å². The summed E-state index contributed by atoms with van der Waals surface area (Å²) in [7, 11) is 1.57. The van der Waals surface area contributed by atoms with Crippen LogP contribution in [0.2, 0.25) is 0 Å². The number of nitrogens with one attached hydrogen (secondary N) is 1. The number of thiazole rings is 1. The van der Waals surface area contributed by atoms with Crippen molar-refractivity contribution in [2.75, 3.05) is 20.2 Å². The molecule has 0 saturated carbocycles. The first-order valence-electron chi connectivity index (χ1n) is 15.6. The molecule has 4 heterocycles. The number of hydrogen-bond donors (Lipinski definition) is 1. The third-order valence-electron chi connectivity index (χ3n) is 8.80. The molecule has 6 rings (SSSR count). The maximum absolute atomic E-state index is 14.6. The molecule has 7 nitrogen and oxygen atoms in total. The zero-order chi connectivity index (χ0) is 32.7. The van der Waals surface area contributed by atoms with Gasteiger partial charge in [0, 0.05) is 47.9 Å². The maximum Gasteiger partial charge on any atom is 0.416 e. The molecule has 0 unspecified atom stereocenters. The number of aromatic nitrogens is 2. The first-order valence-corrected chi connectivity index (χ1v) is 16.5. The van der Waals surface area contributed by atoms with E-state index < -0.39 is 11.7 Å². The van der Waals surface area contributed by atoms with Crippen LogP contribution in [0.3, 0.4) is 0 Å². The molecule has 2 saturated heterocycles. The molecule has 2 aromatic heterocycles. The number of likely N-dealkylation sites (tertiary alicyclic amines) is 1. The number of aryl methyl sites for hydroxylation is 1. The normalized spacial score (nSPS) is 18.0. The minimum absolute atomic E-state index is 0.121. The maximum atomic E-state index is 14.6. The van der Waals surface area contributed by atoms with Crippen molar-refractivity contribution < 1.29 is 22.7 Å². The SMILES string of the molecule is CCc1ccc(OC)cc1-n1c(CC(C)C)c(C(=O)N2C[C@H]3CC[C@@H](C2)N3)cc(-c2nc(-c3ccc(C(F)(F)F)cc3)cs2)c1=O. The van der Waals surface area contributed by atoms with Crippen LogP contribution in [0, 0.1) is 5.92 Å². The highest BCUT2D eigenvalue weighted by molar-refractivity contribution is 7.13. The first kappa shape index (κ1) is 32.0. The van der Waals surface area contributed by atoms with Gasteiger partial charge in [-0.2, -0.15) is 13.2 Å². The lowest BCUT2D eigenvalue weighted by atomic mass is 9.98. The standard InChI is InChI=1S/C35H37F3N4O3S/c1-5-21-8-13-26(45-4)15-30(21)42-31(14-20(2)3)27(33(43)41-17-24-11-12-25(18-41)39-24)16-28(34(42)44)32-40-29(19-46-32)22-6-9-23(10-7-22)35(36,37)38/h6-10,13,15-16,19-20,24-25,39H,5,11-12,14,17-18H2,1-4H3/t24-,25+. The van der Waals surface area contributed by atoms with Crippen LogP contribution in [0.25, 0.3) is 27.5 Å². The zero-order valence-electron chi connectivity index (χ0n) is 26.3. The highest BCUT2D eigenvalue weighted by Crippen LogP contribution is 2.34. The Morgan fingerprint density at radius 1 is 1.09 bits per heavy atom. The smallest absolute Gasteiger partial charge is 0.416 e. The van der Waals surface area contributed by atoms with Gasteiger partial charge in [0.1, 0.15) is 10.8 Å². The molecule has 2 aromatic carbocycles. The van der Waals surface area contributed by atoms with Crippen molar-refractivity contribution in [1.29, 1.82) is 0 Å². The van der Waals surface area contributed by atoms with E-state index in [1.807, 2.05) is 30.0 Å². The van der Waals surface area contributed by atoms with Crippen molar-refractivity contribution in [3.63, 3.8) is 0 Å². The van der Waals surface area contributed by atoms with Crippen molar-refractivity contribution >= 4 is 17.2 Å². The number of fused-ring (bicyclic) bond motifs is 2. The Bertz CT molecular complexity index is 1800. The summed E-state index contributed by atoms with van der Waals surface area (Å²) in [6.07, 6.45) is -1.26. The van der Waals surface area contributed by atoms with Crippen molar-refractivity contribution in [2.24, 2.45) is 5.92 Å². The predicted molar refractivity (Wildman–Crippen MR) is 174 cm³/mol. The highest BCUT2D eigenvalue weighted by atomic mass is 32.1. The van der Waals surface area contributed by atoms with Gasteiger partial charge in [0.05, 0.1) is 35.2 Å². The molecule has 2 fully saturated rings. The highest BCUT2D eigenvalue weighted by Gasteiger charge is 2.36. The second kappa shape index (κ2) is 12.7. The summed E-state index contributed by atoms with van der Waals surface area (Å²) >= 11 is 1.22. The number of halogens is 3. The van der Waals surface area contributed by atoms with Gasteiger partial charge in [0.2, 0.25) is 0 Å². The number of alkyl halides is 3. The number of rotatable bonds is 8. The molecule has 2 aliphatic heterocycles. The molecule has 2 atom stereocenters. The van der Waals surface area contributed by atoms with Crippen molar-refractivity contribution in [3.8, 4) is 33.3 Å². The van der Waals surface area contributed by atoms with E-state index in [1.54, 1.807) is 23.1 Å². The van der Waals surface area contributed by atoms with Gasteiger partial charge in [-0.25, -0.2) is 4.98 Å². The fraction of sp³-hybridized carbons (Fsp3) is 0.400. The van der Waals surface area contributed by atoms with Crippen LogP contribution >= 0.6 is 11.3 Å². The van der Waals surface area contributed by atoms with Gasteiger partial charge in [0.25, 0.3) is 11.5 Å². The van der Waals surface area contributed by atoms with Gasteiger partial charge in [0.15, 0.2) is 0 Å². The number of carbonyl (C=O) groups is 1. The molecule has 46 heavy (non-hydrogen) atoms. The molecule has 4 aromatic rings. The van der Waals surface area contributed by atoms with Gasteiger partial charge in [-0.1, -0.05) is 39.0 Å². The van der Waals surface area contributed by atoms with E-state index in [0.717, 1.165) is 30.5 Å². The second-order valence-corrected chi connectivity index (χ2v) is 13.3. The van der Waals surface area contributed by atoms with Crippen LogP contribution in [-0.4, -0.2) is 52.6 Å². The van der Waals surface area contributed by atoms with Crippen molar-refractivity contribution in [1.82, 2.24) is 19.8 Å². The monoisotopic (exact) mass is 650 g/mol. The number of hydrogen-bond acceptors (Lipinski definition) is 6. The Hall–Kier alpha value is -3.96. The lowest BCUT2D eigenvalue weighted by Gasteiger charge is -2.34. The van der Waals surface area contributed by atoms with E-state index in [0.29, 0.717) is 64.9 Å². The molecule has 0 spiro atoms. The largest absolute Gasteiger partial charge is 0.497 e. The van der Waals surface area contributed by atoms with Gasteiger partial charge in [-0.05, 0) is 61.4 Å². The van der Waals surface area contributed by atoms with E-state index in [1.165, 1.54) is 23.5 Å². The minimum Gasteiger partial charge on any atom is -0.497 e. The topological polar surface area (TPSA) is 76.5 Å². The molecular weight excluding hydrogens is 613 g/mol. The summed E-state index contributed by atoms with van der Waals surface area (Å²) in [4.78, 5) is 35.7. The predicted octanol–water partition coefficient (Wildman–Crippen LogP) is 6.99. The molecule has 2 bridgehead atoms. The fourth-order valence-electron chi connectivity index (χ4n) is 6.50. The van der Waals surface area contributed by atoms with E-state index >= 15 is 0 Å². The Kier molecular flexibility index (Phi) is 8.82. The van der Waals surface area contributed by atoms with Gasteiger partial charge < -0.3 is 15.0 Å². The Morgan fingerprint density at radius 3 is 2.39 bits per heavy atom. The third kappa shape index (κ3) is 6.22. The first-order chi connectivity index (χ1) is 22.0. The third-order valence-corrected chi connectivity index (χ3v) is 9.67. The van der Waals surface area contributed by atoms with Gasteiger partial charge in [-0.15, -0.1) is 11.3 Å². The molecule has 0 aliphatic carbocycles. The van der Waals surface area contributed by atoms with Gasteiger partial charge in [-0.3, -0.25) is 14.2 Å². The summed E-state index contributed by atoms with van der Waals surface area (Å²) in [5, 5.41) is 5.69. The Labute approximate surface area is 270 Å². The average Bonchev–Trinajstić information content (AvgIpc) is 3.66. The van der Waals surface area contributed by atoms with Crippen LogP contribution in [0.4, 0.5) is 13.2 Å². The van der Waals surface area contributed by atoms with E-state index in [4.69, 9.17) is 9.72 Å².